The van der Waals surface area contributed by atoms with Crippen LogP contribution in [0, 0.1) is 0 Å². The predicted octanol–water partition coefficient (Wildman–Crippen LogP) is 2.32. The molecule has 1 amide bonds. The Bertz CT molecular complexity index is 416. The first-order chi connectivity index (χ1) is 9.19. The number of rotatable bonds is 6. The number of nitrogens with one attached hydrogen (secondary N) is 2. The molecule has 0 aromatic carbocycles. The van der Waals surface area contributed by atoms with Crippen LogP contribution in [0.25, 0.3) is 0 Å². The SMILES string of the molecule is CCNC(C)c1csc(NC(=O)CC2CCCO2)n1. The number of nitrogens with zero attached hydrogens (tertiary/aromatic N) is 1. The van der Waals surface area contributed by atoms with Crippen molar-refractivity contribution in [3.8, 4) is 0 Å². The van der Waals surface area contributed by atoms with Crippen molar-refractivity contribution in [3.63, 3.8) is 0 Å². The zero-order valence-corrected chi connectivity index (χ0v) is 12.3. The fourth-order valence-corrected chi connectivity index (χ4v) is 2.96. The summed E-state index contributed by atoms with van der Waals surface area (Å²) in [5.41, 5.74) is 0.972. The zero-order valence-electron chi connectivity index (χ0n) is 11.4. The van der Waals surface area contributed by atoms with Crippen LogP contribution in [0.5, 0.6) is 0 Å². The van der Waals surface area contributed by atoms with Crippen molar-refractivity contribution >= 4 is 22.4 Å². The van der Waals surface area contributed by atoms with Gasteiger partial charge < -0.3 is 15.4 Å². The molecule has 5 nitrogen and oxygen atoms in total. The van der Waals surface area contributed by atoms with Gasteiger partial charge in [-0.05, 0) is 26.3 Å². The average molecular weight is 283 g/mol. The second-order valence-electron chi connectivity index (χ2n) is 4.74. The molecule has 0 aliphatic carbocycles. The summed E-state index contributed by atoms with van der Waals surface area (Å²) < 4.78 is 5.45. The zero-order chi connectivity index (χ0) is 13.7. The highest BCUT2D eigenvalue weighted by atomic mass is 32.1. The minimum absolute atomic E-state index is 0.0103. The number of hydrogen-bond acceptors (Lipinski definition) is 5. The number of thiazole rings is 1. The van der Waals surface area contributed by atoms with E-state index in [1.54, 1.807) is 0 Å². The normalized spacial score (nSPS) is 20.4. The lowest BCUT2D eigenvalue weighted by Crippen LogP contribution is -2.20. The Balaban J connectivity index is 1.83. The molecule has 106 valence electrons. The molecule has 1 aliphatic heterocycles. The van der Waals surface area contributed by atoms with Crippen molar-refractivity contribution < 1.29 is 9.53 Å². The first-order valence-corrected chi connectivity index (χ1v) is 7.67. The second-order valence-corrected chi connectivity index (χ2v) is 5.60. The minimum atomic E-state index is -0.0103. The van der Waals surface area contributed by atoms with Gasteiger partial charge in [0.25, 0.3) is 0 Å². The largest absolute Gasteiger partial charge is 0.378 e. The van der Waals surface area contributed by atoms with Crippen LogP contribution in [0.2, 0.25) is 0 Å². The van der Waals surface area contributed by atoms with Gasteiger partial charge in [-0.2, -0.15) is 0 Å². The second kappa shape index (κ2) is 6.98. The molecular formula is C13H21N3O2S. The van der Waals surface area contributed by atoms with E-state index in [1.165, 1.54) is 11.3 Å². The van der Waals surface area contributed by atoms with E-state index in [-0.39, 0.29) is 18.1 Å². The van der Waals surface area contributed by atoms with Crippen molar-refractivity contribution in [1.29, 1.82) is 0 Å². The lowest BCUT2D eigenvalue weighted by atomic mass is 10.2. The van der Waals surface area contributed by atoms with Crippen LogP contribution in [-0.2, 0) is 9.53 Å². The summed E-state index contributed by atoms with van der Waals surface area (Å²) in [4.78, 5) is 16.3. The molecule has 2 atom stereocenters. The Morgan fingerprint density at radius 1 is 1.68 bits per heavy atom. The van der Waals surface area contributed by atoms with E-state index in [9.17, 15) is 4.79 Å². The van der Waals surface area contributed by atoms with Crippen LogP contribution in [0.1, 0.15) is 44.8 Å². The molecule has 1 saturated heterocycles. The van der Waals surface area contributed by atoms with Gasteiger partial charge in [-0.15, -0.1) is 11.3 Å². The maximum atomic E-state index is 11.8. The van der Waals surface area contributed by atoms with Crippen molar-refractivity contribution in [2.75, 3.05) is 18.5 Å². The van der Waals surface area contributed by atoms with Crippen LogP contribution in [0.3, 0.4) is 0 Å². The van der Waals surface area contributed by atoms with Crippen LogP contribution in [0.4, 0.5) is 5.13 Å². The van der Waals surface area contributed by atoms with Gasteiger partial charge in [-0.3, -0.25) is 4.79 Å². The van der Waals surface area contributed by atoms with Gasteiger partial charge in [-0.1, -0.05) is 6.92 Å². The lowest BCUT2D eigenvalue weighted by Gasteiger charge is -2.09. The summed E-state index contributed by atoms with van der Waals surface area (Å²) in [6.45, 7) is 5.81. The van der Waals surface area contributed by atoms with Crippen molar-refractivity contribution in [3.05, 3.63) is 11.1 Å². The number of ether oxygens (including phenoxy) is 1. The van der Waals surface area contributed by atoms with Crippen molar-refractivity contribution in [2.45, 2.75) is 45.3 Å². The molecule has 1 fully saturated rings. The van der Waals surface area contributed by atoms with Gasteiger partial charge in [0.1, 0.15) is 0 Å². The Hall–Kier alpha value is -0.980. The fraction of sp³-hybridized carbons (Fsp3) is 0.692. The quantitative estimate of drug-likeness (QED) is 0.841. The van der Waals surface area contributed by atoms with E-state index in [0.717, 1.165) is 31.7 Å². The third kappa shape index (κ3) is 4.26. The average Bonchev–Trinajstić information content (AvgIpc) is 3.00. The Morgan fingerprint density at radius 3 is 3.21 bits per heavy atom. The van der Waals surface area contributed by atoms with E-state index in [2.05, 4.69) is 29.5 Å². The monoisotopic (exact) mass is 283 g/mol. The minimum Gasteiger partial charge on any atom is -0.378 e. The summed E-state index contributed by atoms with van der Waals surface area (Å²) in [7, 11) is 0. The number of aromatic nitrogens is 1. The molecule has 19 heavy (non-hydrogen) atoms. The summed E-state index contributed by atoms with van der Waals surface area (Å²) in [5, 5.41) is 8.80. The Labute approximate surface area is 117 Å². The standard InChI is InChI=1S/C13H21N3O2S/c1-3-14-9(2)11-8-19-13(15-11)16-12(17)7-10-5-4-6-18-10/h8-10,14H,3-7H2,1-2H3,(H,15,16,17). The van der Waals surface area contributed by atoms with E-state index in [0.29, 0.717) is 11.6 Å². The molecule has 0 radical (unpaired) electrons. The van der Waals surface area contributed by atoms with E-state index < -0.39 is 0 Å². The first kappa shape index (κ1) is 14.4. The number of anilines is 1. The highest BCUT2D eigenvalue weighted by molar-refractivity contribution is 7.13. The van der Waals surface area contributed by atoms with Crippen LogP contribution >= 0.6 is 11.3 Å². The Morgan fingerprint density at radius 2 is 2.53 bits per heavy atom. The van der Waals surface area contributed by atoms with Crippen LogP contribution in [-0.4, -0.2) is 30.1 Å². The molecule has 1 aliphatic rings. The highest BCUT2D eigenvalue weighted by Gasteiger charge is 2.19. The fourth-order valence-electron chi connectivity index (χ4n) is 2.14. The molecule has 6 heteroatoms. The van der Waals surface area contributed by atoms with E-state index in [4.69, 9.17) is 4.74 Å². The van der Waals surface area contributed by atoms with Crippen molar-refractivity contribution in [1.82, 2.24) is 10.3 Å². The number of amides is 1. The first-order valence-electron chi connectivity index (χ1n) is 6.79. The summed E-state index contributed by atoms with van der Waals surface area (Å²) in [6, 6.07) is 0.213. The van der Waals surface area contributed by atoms with Gasteiger partial charge in [0.05, 0.1) is 18.2 Å². The molecular weight excluding hydrogens is 262 g/mol. The van der Waals surface area contributed by atoms with E-state index in [1.807, 2.05) is 5.38 Å². The Kier molecular flexibility index (Phi) is 5.30. The maximum Gasteiger partial charge on any atom is 0.228 e. The molecule has 2 heterocycles. The van der Waals surface area contributed by atoms with Gasteiger partial charge in [-0.25, -0.2) is 4.98 Å². The molecule has 2 rings (SSSR count). The molecule has 0 saturated carbocycles. The summed E-state index contributed by atoms with van der Waals surface area (Å²) in [5.74, 6) is -0.0103. The summed E-state index contributed by atoms with van der Waals surface area (Å²) >= 11 is 1.47. The molecule has 0 bridgehead atoms. The number of carbonyl (C=O) groups excluding carboxylic acids is 1. The van der Waals surface area contributed by atoms with Gasteiger partial charge in [0.2, 0.25) is 5.91 Å². The lowest BCUT2D eigenvalue weighted by molar-refractivity contribution is -0.118. The summed E-state index contributed by atoms with van der Waals surface area (Å²) in [6.07, 6.45) is 2.55. The number of carbonyl (C=O) groups is 1. The third-order valence-electron chi connectivity index (χ3n) is 3.16. The smallest absolute Gasteiger partial charge is 0.228 e. The van der Waals surface area contributed by atoms with Gasteiger partial charge in [0.15, 0.2) is 5.13 Å². The van der Waals surface area contributed by atoms with Crippen LogP contribution < -0.4 is 10.6 Å². The molecule has 2 N–H and O–H groups in total. The van der Waals surface area contributed by atoms with Crippen LogP contribution in [0.15, 0.2) is 5.38 Å². The highest BCUT2D eigenvalue weighted by Crippen LogP contribution is 2.21. The van der Waals surface area contributed by atoms with Gasteiger partial charge in [0, 0.05) is 18.0 Å². The van der Waals surface area contributed by atoms with Gasteiger partial charge >= 0.3 is 0 Å². The molecule has 1 aromatic rings. The predicted molar refractivity (Wildman–Crippen MR) is 76.4 cm³/mol. The van der Waals surface area contributed by atoms with E-state index >= 15 is 0 Å². The molecule has 1 aromatic heterocycles. The number of hydrogen-bond donors (Lipinski definition) is 2. The van der Waals surface area contributed by atoms with Crippen molar-refractivity contribution in [2.24, 2.45) is 0 Å². The third-order valence-corrected chi connectivity index (χ3v) is 3.94. The molecule has 0 spiro atoms. The molecule has 2 unspecified atom stereocenters. The topological polar surface area (TPSA) is 63.2 Å². The maximum absolute atomic E-state index is 11.8.